The number of carbonyl (C=O) groups excluding carboxylic acids is 2. The smallest absolute Gasteiger partial charge is 0.349 e. The zero-order valence-electron chi connectivity index (χ0n) is 17.0. The SMILES string of the molecule is COC(=O)c1sc2cc(NC(=O)c3ccn(COc4ccc(Cl)c(C)c4)n3)ccc2c1Cl. The van der Waals surface area contributed by atoms with E-state index in [1.165, 1.54) is 23.1 Å². The minimum atomic E-state index is -0.497. The summed E-state index contributed by atoms with van der Waals surface area (Å²) in [5, 5.41) is 8.77. The number of benzene rings is 2. The fourth-order valence-electron chi connectivity index (χ4n) is 2.96. The number of aryl methyl sites for hydroxylation is 1. The minimum absolute atomic E-state index is 0.143. The first kappa shape index (κ1) is 22.1. The number of thiophene rings is 1. The third kappa shape index (κ3) is 4.57. The van der Waals surface area contributed by atoms with Gasteiger partial charge in [0.25, 0.3) is 5.91 Å². The molecule has 0 aliphatic heterocycles. The Morgan fingerprint density at radius 3 is 2.72 bits per heavy atom. The van der Waals surface area contributed by atoms with Crippen LogP contribution in [0.3, 0.4) is 0 Å². The standard InChI is InChI=1S/C22H17Cl2N3O4S/c1-12-9-14(4-6-16(12)23)31-11-27-8-7-17(26-27)21(28)25-13-3-5-15-18(10-13)32-20(19(15)24)22(29)30-2/h3-10H,11H2,1-2H3,(H,25,28). The molecule has 2 heterocycles. The Morgan fingerprint density at radius 2 is 1.97 bits per heavy atom. The van der Waals surface area contributed by atoms with Crippen molar-refractivity contribution < 1.29 is 19.1 Å². The van der Waals surface area contributed by atoms with E-state index in [2.05, 4.69) is 10.4 Å². The minimum Gasteiger partial charge on any atom is -0.471 e. The van der Waals surface area contributed by atoms with Crippen LogP contribution in [0, 0.1) is 6.92 Å². The van der Waals surface area contributed by atoms with Crippen LogP contribution < -0.4 is 10.1 Å². The Kier molecular flexibility index (Phi) is 6.36. The number of nitrogens with one attached hydrogen (secondary N) is 1. The maximum absolute atomic E-state index is 12.6. The molecule has 4 aromatic rings. The Balaban J connectivity index is 1.43. The summed E-state index contributed by atoms with van der Waals surface area (Å²) in [5.41, 5.74) is 1.70. The van der Waals surface area contributed by atoms with E-state index < -0.39 is 5.97 Å². The highest BCUT2D eigenvalue weighted by Crippen LogP contribution is 2.37. The molecule has 0 fully saturated rings. The summed E-state index contributed by atoms with van der Waals surface area (Å²) in [7, 11) is 1.30. The molecular formula is C22H17Cl2N3O4S. The average Bonchev–Trinajstić information content (AvgIpc) is 3.39. The van der Waals surface area contributed by atoms with Crippen molar-refractivity contribution in [3.05, 3.63) is 74.8 Å². The second kappa shape index (κ2) is 9.20. The number of amides is 1. The van der Waals surface area contributed by atoms with Gasteiger partial charge in [-0.05, 0) is 55.0 Å². The van der Waals surface area contributed by atoms with Crippen molar-refractivity contribution >= 4 is 62.2 Å². The summed E-state index contributed by atoms with van der Waals surface area (Å²) in [5.74, 6) is -0.216. The lowest BCUT2D eigenvalue weighted by molar-refractivity contribution is 0.0606. The van der Waals surface area contributed by atoms with Gasteiger partial charge >= 0.3 is 5.97 Å². The Labute approximate surface area is 197 Å². The van der Waals surface area contributed by atoms with E-state index in [0.717, 1.165) is 10.3 Å². The molecule has 0 radical (unpaired) electrons. The molecule has 0 saturated heterocycles. The molecule has 2 aromatic carbocycles. The van der Waals surface area contributed by atoms with Crippen molar-refractivity contribution in [2.45, 2.75) is 13.7 Å². The van der Waals surface area contributed by atoms with Crippen molar-refractivity contribution in [3.8, 4) is 5.75 Å². The van der Waals surface area contributed by atoms with E-state index in [4.69, 9.17) is 32.7 Å². The van der Waals surface area contributed by atoms with Crippen LogP contribution in [0.4, 0.5) is 5.69 Å². The number of fused-ring (bicyclic) bond motifs is 1. The normalized spacial score (nSPS) is 10.9. The molecule has 1 amide bonds. The average molecular weight is 490 g/mol. The lowest BCUT2D eigenvalue weighted by atomic mass is 10.2. The van der Waals surface area contributed by atoms with E-state index >= 15 is 0 Å². The predicted octanol–water partition coefficient (Wildman–Crippen LogP) is 5.79. The summed E-state index contributed by atoms with van der Waals surface area (Å²) in [4.78, 5) is 24.8. The molecule has 0 aliphatic carbocycles. The highest BCUT2D eigenvalue weighted by molar-refractivity contribution is 7.21. The first-order chi connectivity index (χ1) is 15.4. The van der Waals surface area contributed by atoms with Crippen molar-refractivity contribution in [1.29, 1.82) is 0 Å². The molecule has 10 heteroatoms. The number of methoxy groups -OCH3 is 1. The third-order valence-electron chi connectivity index (χ3n) is 4.62. The number of rotatable bonds is 6. The molecule has 4 rings (SSSR count). The molecule has 0 unspecified atom stereocenters. The molecule has 0 atom stereocenters. The highest BCUT2D eigenvalue weighted by atomic mass is 35.5. The van der Waals surface area contributed by atoms with Gasteiger partial charge in [-0.15, -0.1) is 11.3 Å². The van der Waals surface area contributed by atoms with Crippen molar-refractivity contribution in [2.24, 2.45) is 0 Å². The lowest BCUT2D eigenvalue weighted by Crippen LogP contribution is -2.14. The second-order valence-corrected chi connectivity index (χ2v) is 8.66. The van der Waals surface area contributed by atoms with E-state index in [-0.39, 0.29) is 18.3 Å². The Bertz CT molecular complexity index is 1330. The fraction of sp³-hybridized carbons (Fsp3) is 0.136. The van der Waals surface area contributed by atoms with Gasteiger partial charge in [-0.3, -0.25) is 4.79 Å². The van der Waals surface area contributed by atoms with E-state index in [9.17, 15) is 9.59 Å². The van der Waals surface area contributed by atoms with Gasteiger partial charge in [-0.2, -0.15) is 5.10 Å². The number of esters is 1. The van der Waals surface area contributed by atoms with Crippen LogP contribution in [0.1, 0.15) is 25.7 Å². The number of aromatic nitrogens is 2. The lowest BCUT2D eigenvalue weighted by Gasteiger charge is -2.07. The molecular weight excluding hydrogens is 473 g/mol. The monoisotopic (exact) mass is 489 g/mol. The van der Waals surface area contributed by atoms with E-state index in [1.54, 1.807) is 42.6 Å². The number of anilines is 1. The Morgan fingerprint density at radius 1 is 1.16 bits per heavy atom. The van der Waals surface area contributed by atoms with Gasteiger partial charge in [0.15, 0.2) is 12.4 Å². The topological polar surface area (TPSA) is 82.5 Å². The molecule has 32 heavy (non-hydrogen) atoms. The summed E-state index contributed by atoms with van der Waals surface area (Å²) in [6.07, 6.45) is 1.66. The quantitative estimate of drug-likeness (QED) is 0.346. The maximum Gasteiger partial charge on any atom is 0.349 e. The summed E-state index contributed by atoms with van der Waals surface area (Å²) >= 11 is 13.5. The van der Waals surface area contributed by atoms with Gasteiger partial charge < -0.3 is 14.8 Å². The van der Waals surface area contributed by atoms with Gasteiger partial charge in [0.1, 0.15) is 10.6 Å². The van der Waals surface area contributed by atoms with Gasteiger partial charge in [0.2, 0.25) is 0 Å². The summed E-state index contributed by atoms with van der Waals surface area (Å²) in [6.45, 7) is 2.04. The Hall–Kier alpha value is -3.07. The van der Waals surface area contributed by atoms with Crippen LogP contribution in [0.15, 0.2) is 48.7 Å². The number of halogens is 2. The number of hydrogen-bond acceptors (Lipinski definition) is 6. The summed E-state index contributed by atoms with van der Waals surface area (Å²) < 4.78 is 12.7. The second-order valence-electron chi connectivity index (χ2n) is 6.83. The van der Waals surface area contributed by atoms with Crippen LogP contribution in [-0.2, 0) is 11.5 Å². The predicted molar refractivity (Wildman–Crippen MR) is 125 cm³/mol. The van der Waals surface area contributed by atoms with Crippen LogP contribution in [0.25, 0.3) is 10.1 Å². The van der Waals surface area contributed by atoms with E-state index in [1.807, 2.05) is 13.0 Å². The molecule has 7 nitrogen and oxygen atoms in total. The van der Waals surface area contributed by atoms with Gasteiger partial charge in [0, 0.05) is 27.0 Å². The van der Waals surface area contributed by atoms with Crippen LogP contribution >= 0.6 is 34.5 Å². The molecule has 0 saturated carbocycles. The molecule has 0 spiro atoms. The molecule has 1 N–H and O–H groups in total. The van der Waals surface area contributed by atoms with Gasteiger partial charge in [0.05, 0.1) is 12.1 Å². The molecule has 164 valence electrons. The van der Waals surface area contributed by atoms with Crippen molar-refractivity contribution in [2.75, 3.05) is 12.4 Å². The van der Waals surface area contributed by atoms with Crippen molar-refractivity contribution in [3.63, 3.8) is 0 Å². The number of ether oxygens (including phenoxy) is 2. The van der Waals surface area contributed by atoms with Crippen LogP contribution in [0.2, 0.25) is 10.0 Å². The zero-order chi connectivity index (χ0) is 22.8. The number of hydrogen-bond donors (Lipinski definition) is 1. The maximum atomic E-state index is 12.6. The first-order valence-electron chi connectivity index (χ1n) is 9.40. The van der Waals surface area contributed by atoms with Gasteiger partial charge in [-0.1, -0.05) is 23.2 Å². The fourth-order valence-corrected chi connectivity index (χ4v) is 4.55. The van der Waals surface area contributed by atoms with Crippen LogP contribution in [0.5, 0.6) is 5.75 Å². The number of carbonyl (C=O) groups is 2. The van der Waals surface area contributed by atoms with Crippen LogP contribution in [-0.4, -0.2) is 28.8 Å². The largest absolute Gasteiger partial charge is 0.471 e. The third-order valence-corrected chi connectivity index (χ3v) is 6.69. The molecule has 0 aliphatic rings. The summed E-state index contributed by atoms with van der Waals surface area (Å²) in [6, 6.07) is 12.2. The van der Waals surface area contributed by atoms with Crippen molar-refractivity contribution in [1.82, 2.24) is 9.78 Å². The number of nitrogens with zero attached hydrogens (tertiary/aromatic N) is 2. The zero-order valence-corrected chi connectivity index (χ0v) is 19.3. The first-order valence-corrected chi connectivity index (χ1v) is 11.0. The van der Waals surface area contributed by atoms with Gasteiger partial charge in [-0.25, -0.2) is 9.48 Å². The van der Waals surface area contributed by atoms with E-state index in [0.29, 0.717) is 31.7 Å². The molecule has 0 bridgehead atoms. The highest BCUT2D eigenvalue weighted by Gasteiger charge is 2.18. The molecule has 2 aromatic heterocycles.